The Morgan fingerprint density at radius 3 is 2.42 bits per heavy atom. The summed E-state index contributed by atoms with van der Waals surface area (Å²) in [6, 6.07) is 11.9. The highest BCUT2D eigenvalue weighted by Gasteiger charge is 2.15. The van der Waals surface area contributed by atoms with Crippen LogP contribution in [0.3, 0.4) is 0 Å². The van der Waals surface area contributed by atoms with Gasteiger partial charge in [-0.2, -0.15) is 0 Å². The highest BCUT2D eigenvalue weighted by atomic mass is 79.9. The first-order valence-corrected chi connectivity index (χ1v) is 9.65. The van der Waals surface area contributed by atoms with Crippen LogP contribution in [0.15, 0.2) is 46.9 Å². The van der Waals surface area contributed by atoms with Gasteiger partial charge in [0.2, 0.25) is 0 Å². The fourth-order valence-corrected chi connectivity index (χ4v) is 3.39. The normalized spacial score (nSPS) is 14.0. The molecule has 0 unspecified atom stereocenters. The van der Waals surface area contributed by atoms with Gasteiger partial charge in [0.25, 0.3) is 5.91 Å². The van der Waals surface area contributed by atoms with Crippen molar-refractivity contribution < 1.29 is 9.18 Å². The van der Waals surface area contributed by atoms with Crippen molar-refractivity contribution in [3.63, 3.8) is 0 Å². The summed E-state index contributed by atoms with van der Waals surface area (Å²) in [5, 5.41) is 5.58. The fraction of sp³-hybridized carbons (Fsp3) is 0.263. The van der Waals surface area contributed by atoms with Gasteiger partial charge in [0.05, 0.1) is 5.69 Å². The predicted octanol–water partition coefficient (Wildman–Crippen LogP) is 4.71. The lowest BCUT2D eigenvalue weighted by Crippen LogP contribution is -2.34. The topological polar surface area (TPSA) is 44.4 Å². The smallest absolute Gasteiger partial charge is 0.257 e. The third-order valence-corrected chi connectivity index (χ3v) is 4.97. The van der Waals surface area contributed by atoms with Crippen molar-refractivity contribution >= 4 is 50.5 Å². The van der Waals surface area contributed by atoms with Gasteiger partial charge in [-0.15, -0.1) is 0 Å². The van der Waals surface area contributed by atoms with Crippen LogP contribution < -0.4 is 15.5 Å². The molecule has 0 saturated carbocycles. The lowest BCUT2D eigenvalue weighted by molar-refractivity contribution is 0.0977. The molecule has 2 aromatic rings. The van der Waals surface area contributed by atoms with Crippen molar-refractivity contribution in [3.05, 3.63) is 58.3 Å². The van der Waals surface area contributed by atoms with Crippen LogP contribution in [0.2, 0.25) is 0 Å². The third kappa shape index (κ3) is 4.80. The molecule has 2 N–H and O–H groups in total. The summed E-state index contributed by atoms with van der Waals surface area (Å²) in [4.78, 5) is 14.2. The van der Waals surface area contributed by atoms with E-state index < -0.39 is 0 Å². The molecule has 0 radical (unpaired) electrons. The van der Waals surface area contributed by atoms with E-state index in [1.807, 2.05) is 0 Å². The standard InChI is InChI=1S/C19H19BrFN3OS/c20-14-6-4-13(5-7-14)18(25)23-19(26)22-15-8-9-17(16(21)12-15)24-10-2-1-3-11-24/h4-9,12H,1-3,10-11H2,(H2,22,23,25,26). The Hall–Kier alpha value is -1.99. The van der Waals surface area contributed by atoms with Gasteiger partial charge >= 0.3 is 0 Å². The summed E-state index contributed by atoms with van der Waals surface area (Å²) >= 11 is 8.48. The molecule has 0 bridgehead atoms. The van der Waals surface area contributed by atoms with Crippen molar-refractivity contribution in [2.45, 2.75) is 19.3 Å². The van der Waals surface area contributed by atoms with Crippen LogP contribution in [0.5, 0.6) is 0 Å². The molecule has 1 aliphatic heterocycles. The van der Waals surface area contributed by atoms with Crippen LogP contribution in [0.1, 0.15) is 29.6 Å². The lowest BCUT2D eigenvalue weighted by atomic mass is 10.1. The number of nitrogens with zero attached hydrogens (tertiary/aromatic N) is 1. The zero-order chi connectivity index (χ0) is 18.5. The Kier molecular flexibility index (Phi) is 6.21. The fourth-order valence-electron chi connectivity index (χ4n) is 2.91. The van der Waals surface area contributed by atoms with Gasteiger partial charge < -0.3 is 10.2 Å². The number of rotatable bonds is 3. The second kappa shape index (κ2) is 8.60. The molecule has 1 aliphatic rings. The molecule has 4 nitrogen and oxygen atoms in total. The quantitative estimate of drug-likeness (QED) is 0.685. The number of carbonyl (C=O) groups excluding carboxylic acids is 1. The first kappa shape index (κ1) is 18.8. The maximum atomic E-state index is 14.4. The maximum Gasteiger partial charge on any atom is 0.257 e. The molecule has 136 valence electrons. The van der Waals surface area contributed by atoms with E-state index in [2.05, 4.69) is 31.5 Å². The van der Waals surface area contributed by atoms with Crippen molar-refractivity contribution in [1.82, 2.24) is 5.32 Å². The Morgan fingerprint density at radius 1 is 1.08 bits per heavy atom. The van der Waals surface area contributed by atoms with Crippen LogP contribution in [-0.4, -0.2) is 24.1 Å². The van der Waals surface area contributed by atoms with Crippen molar-refractivity contribution in [3.8, 4) is 0 Å². The summed E-state index contributed by atoms with van der Waals surface area (Å²) in [5.41, 5.74) is 1.61. The molecule has 3 rings (SSSR count). The van der Waals surface area contributed by atoms with E-state index in [4.69, 9.17) is 12.2 Å². The molecule has 7 heteroatoms. The summed E-state index contributed by atoms with van der Waals surface area (Å²) < 4.78 is 15.3. The lowest BCUT2D eigenvalue weighted by Gasteiger charge is -2.29. The first-order valence-electron chi connectivity index (χ1n) is 8.45. The largest absolute Gasteiger partial charge is 0.369 e. The van der Waals surface area contributed by atoms with Gasteiger partial charge in [-0.05, 0) is 73.9 Å². The average molecular weight is 436 g/mol. The zero-order valence-corrected chi connectivity index (χ0v) is 16.5. The number of nitrogens with one attached hydrogen (secondary N) is 2. The van der Waals surface area contributed by atoms with Crippen LogP contribution in [0.4, 0.5) is 15.8 Å². The number of benzene rings is 2. The number of amides is 1. The van der Waals surface area contributed by atoms with Crippen molar-refractivity contribution in [2.24, 2.45) is 0 Å². The molecule has 0 atom stereocenters. The summed E-state index contributed by atoms with van der Waals surface area (Å²) in [5.74, 6) is -0.612. The second-order valence-electron chi connectivity index (χ2n) is 6.13. The molecule has 0 aromatic heterocycles. The SMILES string of the molecule is O=C(NC(=S)Nc1ccc(N2CCCCC2)c(F)c1)c1ccc(Br)cc1. The van der Waals surface area contributed by atoms with Gasteiger partial charge in [0.1, 0.15) is 5.82 Å². The molecule has 1 saturated heterocycles. The minimum absolute atomic E-state index is 0.128. The third-order valence-electron chi connectivity index (χ3n) is 4.24. The molecule has 1 fully saturated rings. The molecule has 2 aromatic carbocycles. The summed E-state index contributed by atoms with van der Waals surface area (Å²) in [7, 11) is 0. The number of carbonyl (C=O) groups is 1. The van der Waals surface area contributed by atoms with Crippen LogP contribution in [0, 0.1) is 5.82 Å². The predicted molar refractivity (Wildman–Crippen MR) is 110 cm³/mol. The zero-order valence-electron chi connectivity index (χ0n) is 14.1. The van der Waals surface area contributed by atoms with Crippen molar-refractivity contribution in [2.75, 3.05) is 23.3 Å². The van der Waals surface area contributed by atoms with Gasteiger partial charge in [-0.1, -0.05) is 15.9 Å². The highest BCUT2D eigenvalue weighted by molar-refractivity contribution is 9.10. The Morgan fingerprint density at radius 2 is 1.77 bits per heavy atom. The molecular weight excluding hydrogens is 417 g/mol. The number of thiocarbonyl (C=S) groups is 1. The summed E-state index contributed by atoms with van der Waals surface area (Å²) in [6.07, 6.45) is 3.38. The Balaban J connectivity index is 1.61. The van der Waals surface area contributed by atoms with Gasteiger partial charge in [-0.3, -0.25) is 10.1 Å². The molecule has 1 amide bonds. The number of hydrogen-bond acceptors (Lipinski definition) is 3. The first-order chi connectivity index (χ1) is 12.5. The number of halogens is 2. The average Bonchev–Trinajstić information content (AvgIpc) is 2.63. The van der Waals surface area contributed by atoms with E-state index >= 15 is 0 Å². The molecule has 26 heavy (non-hydrogen) atoms. The molecule has 0 aliphatic carbocycles. The van der Waals surface area contributed by atoms with Crippen molar-refractivity contribution in [1.29, 1.82) is 0 Å². The van der Waals surface area contributed by atoms with Crippen LogP contribution >= 0.6 is 28.1 Å². The number of hydrogen-bond donors (Lipinski definition) is 2. The van der Waals surface area contributed by atoms with Gasteiger partial charge in [0.15, 0.2) is 5.11 Å². The Labute approximate surface area is 165 Å². The number of anilines is 2. The monoisotopic (exact) mass is 435 g/mol. The maximum absolute atomic E-state index is 14.4. The minimum Gasteiger partial charge on any atom is -0.369 e. The van der Waals surface area contributed by atoms with Gasteiger partial charge in [-0.25, -0.2) is 4.39 Å². The molecule has 1 heterocycles. The van der Waals surface area contributed by atoms with Crippen LogP contribution in [0.25, 0.3) is 0 Å². The van der Waals surface area contributed by atoms with E-state index in [9.17, 15) is 9.18 Å². The summed E-state index contributed by atoms with van der Waals surface area (Å²) in [6.45, 7) is 1.76. The van der Waals surface area contributed by atoms with E-state index in [-0.39, 0.29) is 16.8 Å². The Bertz CT molecular complexity index is 807. The second-order valence-corrected chi connectivity index (χ2v) is 7.45. The minimum atomic E-state index is -0.319. The van der Waals surface area contributed by atoms with Gasteiger partial charge in [0, 0.05) is 28.8 Å². The van der Waals surface area contributed by atoms with E-state index in [0.29, 0.717) is 16.9 Å². The molecule has 0 spiro atoms. The molecular formula is C19H19BrFN3OS. The van der Waals surface area contributed by atoms with Crippen LogP contribution in [-0.2, 0) is 0 Å². The van der Waals surface area contributed by atoms with E-state index in [0.717, 1.165) is 30.4 Å². The highest BCUT2D eigenvalue weighted by Crippen LogP contribution is 2.25. The number of piperidine rings is 1. The van der Waals surface area contributed by atoms with E-state index in [1.54, 1.807) is 36.4 Å². The van der Waals surface area contributed by atoms with E-state index in [1.165, 1.54) is 12.5 Å².